The van der Waals surface area contributed by atoms with Gasteiger partial charge in [0.1, 0.15) is 25.3 Å². The highest BCUT2D eigenvalue weighted by atomic mass is 15.3. The molecule has 3 heteroatoms. The van der Waals surface area contributed by atoms with E-state index < -0.39 is 0 Å². The first-order valence-electron chi connectivity index (χ1n) is 8.00. The fraction of sp³-hybridized carbons (Fsp3) is 0.143. The molecule has 2 rings (SSSR count). The van der Waals surface area contributed by atoms with Crippen molar-refractivity contribution in [2.75, 3.05) is 19.6 Å². The van der Waals surface area contributed by atoms with Gasteiger partial charge in [-0.15, -0.1) is 0 Å². The average Bonchev–Trinajstić information content (AvgIpc) is 2.62. The number of rotatable bonds is 9. The smallest absolute Gasteiger partial charge is 0.133 e. The van der Waals surface area contributed by atoms with Gasteiger partial charge >= 0.3 is 0 Å². The maximum absolute atomic E-state index is 4.30. The van der Waals surface area contributed by atoms with Gasteiger partial charge in [-0.2, -0.15) is 10.2 Å². The molecule has 0 bridgehead atoms. The molecule has 0 atom stereocenters. The van der Waals surface area contributed by atoms with Gasteiger partial charge in [-0.1, -0.05) is 37.9 Å². The van der Waals surface area contributed by atoms with E-state index >= 15 is 0 Å². The average molecular weight is 318 g/mol. The Morgan fingerprint density at radius 2 is 1.12 bits per heavy atom. The van der Waals surface area contributed by atoms with Crippen LogP contribution in [0.2, 0.25) is 0 Å². The van der Waals surface area contributed by atoms with Gasteiger partial charge in [-0.25, -0.2) is 0 Å². The van der Waals surface area contributed by atoms with Crippen molar-refractivity contribution >= 4 is 17.1 Å². The molecule has 0 unspecified atom stereocenters. The van der Waals surface area contributed by atoms with E-state index in [2.05, 4.69) is 42.1 Å². The van der Waals surface area contributed by atoms with Crippen LogP contribution in [0.15, 0.2) is 103 Å². The molecule has 0 N–H and O–H groups in total. The van der Waals surface area contributed by atoms with Crippen LogP contribution >= 0.6 is 0 Å². The monoisotopic (exact) mass is 318 g/mol. The van der Waals surface area contributed by atoms with Crippen molar-refractivity contribution in [2.24, 2.45) is 10.2 Å². The molecule has 2 aromatic rings. The Labute approximate surface area is 144 Å². The summed E-state index contributed by atoms with van der Waals surface area (Å²) in [6.45, 7) is 14.2. The first kappa shape index (κ1) is 17.6. The van der Waals surface area contributed by atoms with E-state index in [1.807, 2.05) is 60.7 Å². The van der Waals surface area contributed by atoms with E-state index in [1.54, 1.807) is 0 Å². The SMILES string of the molecule is C=CC[N+](CC=C)(CC=C)c1ccc(N=Nc2ccccc2)cc1. The Balaban J connectivity index is 2.25. The second-order valence-electron chi connectivity index (χ2n) is 5.61. The van der Waals surface area contributed by atoms with E-state index in [1.165, 1.54) is 5.69 Å². The lowest BCUT2D eigenvalue weighted by atomic mass is 10.2. The third kappa shape index (κ3) is 4.37. The zero-order chi connectivity index (χ0) is 17.3. The zero-order valence-corrected chi connectivity index (χ0v) is 14.0. The molecule has 0 aliphatic carbocycles. The van der Waals surface area contributed by atoms with E-state index in [9.17, 15) is 0 Å². The summed E-state index contributed by atoms with van der Waals surface area (Å²) in [6, 6.07) is 17.9. The molecule has 0 amide bonds. The Kier molecular flexibility index (Phi) is 6.41. The molecular formula is C21H24N3+. The molecule has 2 aromatic carbocycles. The minimum absolute atomic E-state index is 0.729. The van der Waals surface area contributed by atoms with Crippen molar-refractivity contribution < 1.29 is 0 Å². The van der Waals surface area contributed by atoms with Crippen molar-refractivity contribution in [3.05, 3.63) is 92.6 Å². The summed E-state index contributed by atoms with van der Waals surface area (Å²) in [4.78, 5) is 0. The number of azo groups is 1. The third-order valence-electron chi connectivity index (χ3n) is 3.87. The molecule has 0 spiro atoms. The second kappa shape index (κ2) is 8.75. The number of hydrogen-bond donors (Lipinski definition) is 0. The summed E-state index contributed by atoms with van der Waals surface area (Å²) in [5, 5.41) is 8.54. The first-order chi connectivity index (χ1) is 11.7. The minimum Gasteiger partial charge on any atom is -0.281 e. The molecule has 0 fully saturated rings. The highest BCUT2D eigenvalue weighted by Crippen LogP contribution is 2.27. The molecule has 0 aliphatic rings. The largest absolute Gasteiger partial charge is 0.281 e. The lowest BCUT2D eigenvalue weighted by molar-refractivity contribution is 0.365. The van der Waals surface area contributed by atoms with Crippen LogP contribution in [0.1, 0.15) is 0 Å². The molecule has 3 nitrogen and oxygen atoms in total. The number of benzene rings is 2. The van der Waals surface area contributed by atoms with Crippen molar-refractivity contribution in [3.8, 4) is 0 Å². The van der Waals surface area contributed by atoms with E-state index in [4.69, 9.17) is 0 Å². The molecule has 0 saturated carbocycles. The van der Waals surface area contributed by atoms with Crippen LogP contribution in [0.3, 0.4) is 0 Å². The maximum Gasteiger partial charge on any atom is 0.133 e. The second-order valence-corrected chi connectivity index (χ2v) is 5.61. The Hall–Kier alpha value is -2.78. The summed E-state index contributed by atoms with van der Waals surface area (Å²) >= 11 is 0. The van der Waals surface area contributed by atoms with E-state index in [-0.39, 0.29) is 0 Å². The molecule has 24 heavy (non-hydrogen) atoms. The van der Waals surface area contributed by atoms with Crippen molar-refractivity contribution in [1.29, 1.82) is 0 Å². The van der Waals surface area contributed by atoms with Gasteiger partial charge in [0, 0.05) is 12.1 Å². The highest BCUT2D eigenvalue weighted by Gasteiger charge is 2.26. The van der Waals surface area contributed by atoms with Crippen LogP contribution in [0.5, 0.6) is 0 Å². The molecule has 0 aromatic heterocycles. The van der Waals surface area contributed by atoms with E-state index in [0.717, 1.165) is 35.5 Å². The Morgan fingerprint density at radius 1 is 0.667 bits per heavy atom. The molecule has 0 aliphatic heterocycles. The molecule has 122 valence electrons. The normalized spacial score (nSPS) is 11.3. The van der Waals surface area contributed by atoms with Crippen LogP contribution in [0.4, 0.5) is 17.1 Å². The van der Waals surface area contributed by atoms with Crippen molar-refractivity contribution in [3.63, 3.8) is 0 Å². The third-order valence-corrected chi connectivity index (χ3v) is 3.87. The molecule has 0 radical (unpaired) electrons. The maximum atomic E-state index is 4.30. The zero-order valence-electron chi connectivity index (χ0n) is 14.0. The van der Waals surface area contributed by atoms with Crippen molar-refractivity contribution in [2.45, 2.75) is 0 Å². The minimum atomic E-state index is 0.729. The topological polar surface area (TPSA) is 24.7 Å². The fourth-order valence-electron chi connectivity index (χ4n) is 2.73. The highest BCUT2D eigenvalue weighted by molar-refractivity contribution is 5.51. The number of nitrogens with zero attached hydrogens (tertiary/aromatic N) is 3. The van der Waals surface area contributed by atoms with Gasteiger partial charge in [0.25, 0.3) is 0 Å². The standard InChI is InChI=1S/C21H24N3/c1-4-16-24(17-5-2,18-6-3)21-14-12-20(13-15-21)23-22-19-10-8-7-9-11-19/h4-15H,1-3,16-18H2/q+1. The quantitative estimate of drug-likeness (QED) is 0.309. The van der Waals surface area contributed by atoms with Crippen LogP contribution < -0.4 is 4.48 Å². The van der Waals surface area contributed by atoms with Gasteiger partial charge < -0.3 is 0 Å². The van der Waals surface area contributed by atoms with Gasteiger partial charge in [-0.05, 0) is 42.5 Å². The van der Waals surface area contributed by atoms with Gasteiger partial charge in [0.2, 0.25) is 0 Å². The van der Waals surface area contributed by atoms with Crippen LogP contribution in [0.25, 0.3) is 0 Å². The fourth-order valence-corrected chi connectivity index (χ4v) is 2.73. The van der Waals surface area contributed by atoms with Crippen LogP contribution in [-0.2, 0) is 0 Å². The summed E-state index contributed by atoms with van der Waals surface area (Å²) in [7, 11) is 0. The van der Waals surface area contributed by atoms with Gasteiger partial charge in [0.15, 0.2) is 0 Å². The van der Waals surface area contributed by atoms with Crippen LogP contribution in [-0.4, -0.2) is 19.6 Å². The number of hydrogen-bond acceptors (Lipinski definition) is 2. The first-order valence-corrected chi connectivity index (χ1v) is 8.00. The predicted octanol–water partition coefficient (Wildman–Crippen LogP) is 5.97. The van der Waals surface area contributed by atoms with Crippen LogP contribution in [0, 0.1) is 0 Å². The summed E-state index contributed by atoms with van der Waals surface area (Å²) < 4.78 is 0.729. The summed E-state index contributed by atoms with van der Waals surface area (Å²) in [5.74, 6) is 0. The summed E-state index contributed by atoms with van der Waals surface area (Å²) in [6.07, 6.45) is 5.82. The Bertz CT molecular complexity index is 673. The lowest BCUT2D eigenvalue weighted by Crippen LogP contribution is -2.49. The molecule has 0 heterocycles. The van der Waals surface area contributed by atoms with Crippen molar-refractivity contribution in [1.82, 2.24) is 4.48 Å². The number of quaternary nitrogens is 1. The summed E-state index contributed by atoms with van der Waals surface area (Å²) in [5.41, 5.74) is 2.86. The lowest BCUT2D eigenvalue weighted by Gasteiger charge is -2.35. The van der Waals surface area contributed by atoms with E-state index in [0.29, 0.717) is 0 Å². The van der Waals surface area contributed by atoms with Gasteiger partial charge in [-0.3, -0.25) is 4.48 Å². The Morgan fingerprint density at radius 3 is 1.58 bits per heavy atom. The molecule has 0 saturated heterocycles. The molecular weight excluding hydrogens is 294 g/mol. The van der Waals surface area contributed by atoms with Gasteiger partial charge in [0.05, 0.1) is 11.4 Å². The predicted molar refractivity (Wildman–Crippen MR) is 104 cm³/mol.